The number of nitrogens with two attached hydrogens (primary N) is 1. The van der Waals surface area contributed by atoms with E-state index in [1.54, 1.807) is 16.2 Å². The van der Waals surface area contributed by atoms with Gasteiger partial charge in [0.25, 0.3) is 0 Å². The molecule has 0 saturated heterocycles. The van der Waals surface area contributed by atoms with Crippen molar-refractivity contribution >= 4 is 33.7 Å². The van der Waals surface area contributed by atoms with Gasteiger partial charge in [-0.2, -0.15) is 0 Å². The monoisotopic (exact) mass is 310 g/mol. The molecule has 2 N–H and O–H groups in total. The van der Waals surface area contributed by atoms with Gasteiger partial charge in [-0.1, -0.05) is 0 Å². The Hall–Kier alpha value is -1.47. The lowest BCUT2D eigenvalue weighted by molar-refractivity contribution is -0.129. The molecule has 20 heavy (non-hydrogen) atoms. The maximum Gasteiger partial charge on any atom is 0.222 e. The fourth-order valence-corrected chi connectivity index (χ4v) is 3.19. The molecule has 0 aliphatic rings. The Labute approximate surface area is 126 Å². The zero-order chi connectivity index (χ0) is 14.5. The highest BCUT2D eigenvalue weighted by molar-refractivity contribution is 7.13. The molecule has 0 radical (unpaired) electrons. The average Bonchev–Trinajstić information content (AvgIpc) is 3.02. The van der Waals surface area contributed by atoms with E-state index in [1.165, 1.54) is 16.2 Å². The molecule has 5 nitrogen and oxygen atoms in total. The van der Waals surface area contributed by atoms with E-state index in [0.29, 0.717) is 18.0 Å². The van der Waals surface area contributed by atoms with E-state index in [1.807, 2.05) is 24.9 Å². The molecule has 0 atom stereocenters. The Bertz CT molecular complexity index is 578. The highest BCUT2D eigenvalue weighted by Gasteiger charge is 2.11. The fraction of sp³-hybridized carbons (Fsp3) is 0.462. The van der Waals surface area contributed by atoms with Crippen molar-refractivity contribution in [1.29, 1.82) is 0 Å². The van der Waals surface area contributed by atoms with Crippen LogP contribution in [0.25, 0.3) is 0 Å². The summed E-state index contributed by atoms with van der Waals surface area (Å²) in [4.78, 5) is 23.4. The summed E-state index contributed by atoms with van der Waals surface area (Å²) in [5.74, 6) is 0.138. The van der Waals surface area contributed by atoms with Gasteiger partial charge in [0, 0.05) is 36.7 Å². The number of amides is 1. The van der Waals surface area contributed by atoms with Crippen LogP contribution in [-0.2, 0) is 17.6 Å². The average molecular weight is 310 g/mol. The second-order valence-electron chi connectivity index (χ2n) is 4.60. The summed E-state index contributed by atoms with van der Waals surface area (Å²) in [6.07, 6.45) is 1.99. The van der Waals surface area contributed by atoms with Crippen molar-refractivity contribution in [2.45, 2.75) is 26.2 Å². The van der Waals surface area contributed by atoms with Crippen molar-refractivity contribution in [3.8, 4) is 0 Å². The highest BCUT2D eigenvalue weighted by atomic mass is 32.1. The zero-order valence-corrected chi connectivity index (χ0v) is 13.3. The molecule has 2 heterocycles. The standard InChI is InChI=1S/C13H18N4OS2/c1-9-11(20-8-15-9)5-6-17(2)12(18)4-3-10-7-19-13(14)16-10/h7-8H,3-6H2,1-2H3,(H2,14,16). The van der Waals surface area contributed by atoms with Gasteiger partial charge in [0.2, 0.25) is 5.91 Å². The summed E-state index contributed by atoms with van der Waals surface area (Å²) in [5, 5.41) is 2.46. The minimum atomic E-state index is 0.138. The third kappa shape index (κ3) is 4.01. The molecule has 0 saturated carbocycles. The first-order valence-corrected chi connectivity index (χ1v) is 8.15. The lowest BCUT2D eigenvalue weighted by Crippen LogP contribution is -2.29. The molecular weight excluding hydrogens is 292 g/mol. The van der Waals surface area contributed by atoms with Crippen LogP contribution < -0.4 is 5.73 Å². The van der Waals surface area contributed by atoms with E-state index in [2.05, 4.69) is 9.97 Å². The maximum atomic E-state index is 12.0. The van der Waals surface area contributed by atoms with Crippen molar-refractivity contribution in [2.24, 2.45) is 0 Å². The van der Waals surface area contributed by atoms with Gasteiger partial charge in [-0.15, -0.1) is 22.7 Å². The molecule has 0 spiro atoms. The van der Waals surface area contributed by atoms with Gasteiger partial charge >= 0.3 is 0 Å². The third-order valence-corrected chi connectivity index (χ3v) is 4.83. The molecule has 7 heteroatoms. The van der Waals surface area contributed by atoms with E-state index in [4.69, 9.17) is 5.73 Å². The first kappa shape index (κ1) is 14.9. The number of nitrogens with zero attached hydrogens (tertiary/aromatic N) is 3. The first-order chi connectivity index (χ1) is 9.56. The van der Waals surface area contributed by atoms with Crippen molar-refractivity contribution < 1.29 is 4.79 Å². The van der Waals surface area contributed by atoms with Crippen LogP contribution in [0, 0.1) is 6.92 Å². The Balaban J connectivity index is 1.76. The fourth-order valence-electron chi connectivity index (χ4n) is 1.82. The minimum Gasteiger partial charge on any atom is -0.375 e. The zero-order valence-electron chi connectivity index (χ0n) is 11.6. The van der Waals surface area contributed by atoms with E-state index in [0.717, 1.165) is 24.4 Å². The van der Waals surface area contributed by atoms with E-state index in [9.17, 15) is 4.79 Å². The Kier molecular flexibility index (Phi) is 5.08. The topological polar surface area (TPSA) is 72.1 Å². The van der Waals surface area contributed by atoms with Crippen LogP contribution in [0.3, 0.4) is 0 Å². The number of rotatable bonds is 6. The Morgan fingerprint density at radius 3 is 2.80 bits per heavy atom. The number of hydrogen-bond acceptors (Lipinski definition) is 6. The number of aromatic nitrogens is 2. The Morgan fingerprint density at radius 2 is 2.20 bits per heavy atom. The number of anilines is 1. The van der Waals surface area contributed by atoms with Gasteiger partial charge in [-0.05, 0) is 13.3 Å². The van der Waals surface area contributed by atoms with E-state index >= 15 is 0 Å². The summed E-state index contributed by atoms with van der Waals surface area (Å²) in [6.45, 7) is 2.72. The van der Waals surface area contributed by atoms with Crippen molar-refractivity contribution in [2.75, 3.05) is 19.3 Å². The number of nitrogen functional groups attached to an aromatic ring is 1. The van der Waals surface area contributed by atoms with Gasteiger partial charge in [-0.25, -0.2) is 9.97 Å². The van der Waals surface area contributed by atoms with Crippen molar-refractivity contribution in [3.63, 3.8) is 0 Å². The SMILES string of the molecule is Cc1ncsc1CCN(C)C(=O)CCc1csc(N)n1. The number of likely N-dealkylation sites (N-methyl/N-ethyl adjacent to an activating group) is 1. The molecule has 0 unspecified atom stereocenters. The molecule has 0 aliphatic heterocycles. The van der Waals surface area contributed by atoms with Crippen LogP contribution in [0.4, 0.5) is 5.13 Å². The largest absolute Gasteiger partial charge is 0.375 e. The van der Waals surface area contributed by atoms with Gasteiger partial charge in [0.1, 0.15) is 0 Å². The number of carbonyl (C=O) groups is 1. The molecule has 1 amide bonds. The van der Waals surface area contributed by atoms with Gasteiger partial charge in [-0.3, -0.25) is 4.79 Å². The summed E-state index contributed by atoms with van der Waals surface area (Å²) in [6, 6.07) is 0. The lowest BCUT2D eigenvalue weighted by Gasteiger charge is -2.16. The maximum absolute atomic E-state index is 12.0. The predicted octanol–water partition coefficient (Wildman–Crippen LogP) is 2.12. The third-order valence-electron chi connectivity index (χ3n) is 3.11. The summed E-state index contributed by atoms with van der Waals surface area (Å²) in [7, 11) is 1.84. The number of aryl methyl sites for hydroxylation is 2. The number of hydrogen-bond donors (Lipinski definition) is 1. The molecular formula is C13H18N4OS2. The minimum absolute atomic E-state index is 0.138. The molecule has 108 valence electrons. The molecule has 0 aliphatic carbocycles. The van der Waals surface area contributed by atoms with E-state index < -0.39 is 0 Å². The Morgan fingerprint density at radius 1 is 1.40 bits per heavy atom. The molecule has 2 aromatic heterocycles. The molecule has 0 aromatic carbocycles. The van der Waals surface area contributed by atoms with Crippen LogP contribution >= 0.6 is 22.7 Å². The van der Waals surface area contributed by atoms with Crippen LogP contribution in [-0.4, -0.2) is 34.4 Å². The smallest absolute Gasteiger partial charge is 0.222 e. The molecule has 2 rings (SSSR count). The lowest BCUT2D eigenvalue weighted by atomic mass is 10.2. The first-order valence-electron chi connectivity index (χ1n) is 6.39. The second kappa shape index (κ2) is 6.81. The second-order valence-corrected chi connectivity index (χ2v) is 6.43. The number of thiazole rings is 2. The highest BCUT2D eigenvalue weighted by Crippen LogP contribution is 2.14. The number of carbonyl (C=O) groups excluding carboxylic acids is 1. The molecule has 2 aromatic rings. The van der Waals surface area contributed by atoms with Gasteiger partial charge in [0.05, 0.1) is 16.9 Å². The summed E-state index contributed by atoms with van der Waals surface area (Å²) < 4.78 is 0. The van der Waals surface area contributed by atoms with Crippen LogP contribution in [0.2, 0.25) is 0 Å². The van der Waals surface area contributed by atoms with Crippen LogP contribution in [0.1, 0.15) is 22.7 Å². The summed E-state index contributed by atoms with van der Waals surface area (Å²) >= 11 is 3.06. The predicted molar refractivity (Wildman–Crippen MR) is 83.0 cm³/mol. The summed E-state index contributed by atoms with van der Waals surface area (Å²) in [5.41, 5.74) is 9.37. The van der Waals surface area contributed by atoms with Gasteiger partial charge in [0.15, 0.2) is 5.13 Å². The molecule has 0 bridgehead atoms. The quantitative estimate of drug-likeness (QED) is 0.887. The van der Waals surface area contributed by atoms with Crippen LogP contribution in [0.15, 0.2) is 10.9 Å². The van der Waals surface area contributed by atoms with Crippen molar-refractivity contribution in [1.82, 2.24) is 14.9 Å². The van der Waals surface area contributed by atoms with Crippen LogP contribution in [0.5, 0.6) is 0 Å². The van der Waals surface area contributed by atoms with Crippen molar-refractivity contribution in [3.05, 3.63) is 27.2 Å². The normalized spacial score (nSPS) is 10.7. The van der Waals surface area contributed by atoms with Gasteiger partial charge < -0.3 is 10.6 Å². The van der Waals surface area contributed by atoms with E-state index in [-0.39, 0.29) is 5.91 Å². The molecule has 0 fully saturated rings.